The molecule has 3 heterocycles. The summed E-state index contributed by atoms with van der Waals surface area (Å²) in [5.74, 6) is 0.181. The molecule has 148 valence electrons. The number of nitrogens with one attached hydrogen (secondary N) is 1. The van der Waals surface area contributed by atoms with Gasteiger partial charge in [0, 0.05) is 24.9 Å². The smallest absolute Gasteiger partial charge is 0.244 e. The quantitative estimate of drug-likeness (QED) is 0.886. The van der Waals surface area contributed by atoms with Crippen molar-refractivity contribution in [2.75, 3.05) is 0 Å². The molecule has 0 radical (unpaired) electrons. The normalized spacial score (nSPS) is 27.6. The lowest BCUT2D eigenvalue weighted by atomic mass is 9.85. The Kier molecular flexibility index (Phi) is 5.20. The van der Waals surface area contributed by atoms with Crippen LogP contribution in [0.4, 0.5) is 0 Å². The Hall–Kier alpha value is -2.63. The van der Waals surface area contributed by atoms with E-state index in [-0.39, 0.29) is 36.0 Å². The molecule has 2 aliphatic heterocycles. The van der Waals surface area contributed by atoms with Crippen LogP contribution in [0.3, 0.4) is 0 Å². The van der Waals surface area contributed by atoms with Crippen molar-refractivity contribution in [3.05, 3.63) is 54.4 Å². The van der Waals surface area contributed by atoms with Crippen molar-refractivity contribution >= 4 is 11.8 Å². The Morgan fingerprint density at radius 1 is 1.25 bits per heavy atom. The Bertz CT molecular complexity index is 820. The minimum atomic E-state index is -0.378. The van der Waals surface area contributed by atoms with Crippen molar-refractivity contribution in [1.29, 1.82) is 0 Å². The van der Waals surface area contributed by atoms with E-state index in [1.165, 1.54) is 5.56 Å². The molecule has 2 fully saturated rings. The van der Waals surface area contributed by atoms with E-state index in [4.69, 9.17) is 0 Å². The number of amides is 2. The zero-order chi connectivity index (χ0) is 19.6. The van der Waals surface area contributed by atoms with Gasteiger partial charge in [0.15, 0.2) is 0 Å². The molecule has 2 aliphatic rings. The van der Waals surface area contributed by atoms with Crippen LogP contribution in [0.25, 0.3) is 0 Å². The Labute approximate surface area is 165 Å². The Morgan fingerprint density at radius 3 is 2.82 bits per heavy atom. The van der Waals surface area contributed by atoms with Crippen LogP contribution in [0.5, 0.6) is 0 Å². The molecule has 6 nitrogen and oxygen atoms in total. The topological polar surface area (TPSA) is 67.2 Å². The third kappa shape index (κ3) is 3.81. The first-order valence-electron chi connectivity index (χ1n) is 10.2. The standard InChI is InChI=1S/C22H28N4O2/c1-22-15-18(14-17-8-3-2-4-9-17)26(21(28)16-25-13-7-12-23-25)19(22)10-5-6-11-20(27)24-22/h2-4,7-9,12-13,18-19H,5-6,10-11,14-16H2,1H3,(H,24,27)/t18-,19+,22+/m1/s1. The number of nitrogens with zero attached hydrogens (tertiary/aromatic N) is 3. The zero-order valence-electron chi connectivity index (χ0n) is 16.4. The molecule has 4 rings (SSSR count). The van der Waals surface area contributed by atoms with Crippen molar-refractivity contribution in [2.45, 2.75) is 69.6 Å². The van der Waals surface area contributed by atoms with E-state index in [0.29, 0.717) is 6.42 Å². The minimum Gasteiger partial charge on any atom is -0.349 e. The molecular weight excluding hydrogens is 352 g/mol. The summed E-state index contributed by atoms with van der Waals surface area (Å²) in [4.78, 5) is 27.8. The van der Waals surface area contributed by atoms with Crippen molar-refractivity contribution in [1.82, 2.24) is 20.0 Å². The van der Waals surface area contributed by atoms with Crippen LogP contribution in [0, 0.1) is 0 Å². The van der Waals surface area contributed by atoms with Gasteiger partial charge in [0.25, 0.3) is 0 Å². The second-order valence-corrected chi connectivity index (χ2v) is 8.28. The number of carbonyl (C=O) groups is 2. The van der Waals surface area contributed by atoms with Crippen LogP contribution in [0.2, 0.25) is 0 Å². The van der Waals surface area contributed by atoms with Crippen molar-refractivity contribution in [2.24, 2.45) is 0 Å². The van der Waals surface area contributed by atoms with E-state index in [0.717, 1.165) is 32.1 Å². The lowest BCUT2D eigenvalue weighted by molar-refractivity contribution is -0.136. The van der Waals surface area contributed by atoms with Crippen LogP contribution in [0.15, 0.2) is 48.8 Å². The van der Waals surface area contributed by atoms with Gasteiger partial charge in [-0.05, 0) is 44.2 Å². The average molecular weight is 380 g/mol. The summed E-state index contributed by atoms with van der Waals surface area (Å²) >= 11 is 0. The molecule has 0 spiro atoms. The maximum absolute atomic E-state index is 13.3. The molecule has 0 saturated carbocycles. The summed E-state index contributed by atoms with van der Waals surface area (Å²) in [6.45, 7) is 2.35. The SMILES string of the molecule is C[C@]12C[C@@H](Cc3ccccc3)N(C(=O)Cn3cccn3)[C@H]1CCCCC(=O)N2. The summed E-state index contributed by atoms with van der Waals surface area (Å²) < 4.78 is 1.68. The van der Waals surface area contributed by atoms with E-state index in [9.17, 15) is 9.59 Å². The summed E-state index contributed by atoms with van der Waals surface area (Å²) in [6, 6.07) is 12.2. The molecule has 2 saturated heterocycles. The molecule has 1 aromatic carbocycles. The molecule has 0 bridgehead atoms. The van der Waals surface area contributed by atoms with Crippen LogP contribution < -0.4 is 5.32 Å². The van der Waals surface area contributed by atoms with Gasteiger partial charge in [0.05, 0.1) is 11.6 Å². The summed E-state index contributed by atoms with van der Waals surface area (Å²) in [7, 11) is 0. The number of hydrogen-bond donors (Lipinski definition) is 1. The first-order valence-corrected chi connectivity index (χ1v) is 10.2. The highest BCUT2D eigenvalue weighted by molar-refractivity contribution is 5.79. The van der Waals surface area contributed by atoms with Crippen LogP contribution in [-0.2, 0) is 22.6 Å². The highest BCUT2D eigenvalue weighted by Crippen LogP contribution is 2.39. The number of benzene rings is 1. The van der Waals surface area contributed by atoms with Gasteiger partial charge in [-0.3, -0.25) is 14.3 Å². The lowest BCUT2D eigenvalue weighted by Crippen LogP contribution is -2.56. The van der Waals surface area contributed by atoms with Crippen molar-refractivity contribution < 1.29 is 9.59 Å². The summed E-state index contributed by atoms with van der Waals surface area (Å²) in [6.07, 6.45) is 8.44. The van der Waals surface area contributed by atoms with Gasteiger partial charge < -0.3 is 10.2 Å². The maximum Gasteiger partial charge on any atom is 0.244 e. The van der Waals surface area contributed by atoms with Crippen LogP contribution >= 0.6 is 0 Å². The summed E-state index contributed by atoms with van der Waals surface area (Å²) in [5, 5.41) is 7.46. The van der Waals surface area contributed by atoms with Gasteiger partial charge in [-0.1, -0.05) is 36.8 Å². The lowest BCUT2D eigenvalue weighted by Gasteiger charge is -2.38. The van der Waals surface area contributed by atoms with Crippen molar-refractivity contribution in [3.8, 4) is 0 Å². The molecular formula is C22H28N4O2. The Morgan fingerprint density at radius 2 is 2.07 bits per heavy atom. The molecule has 3 atom stereocenters. The average Bonchev–Trinajstić information content (AvgIpc) is 3.24. The molecule has 0 unspecified atom stereocenters. The monoisotopic (exact) mass is 380 g/mol. The van der Waals surface area contributed by atoms with Gasteiger partial charge in [0.2, 0.25) is 11.8 Å². The van der Waals surface area contributed by atoms with Crippen LogP contribution in [0.1, 0.15) is 44.6 Å². The fraction of sp³-hybridized carbons (Fsp3) is 0.500. The van der Waals surface area contributed by atoms with E-state index < -0.39 is 0 Å². The second-order valence-electron chi connectivity index (χ2n) is 8.28. The molecule has 6 heteroatoms. The van der Waals surface area contributed by atoms with E-state index in [1.54, 1.807) is 10.9 Å². The van der Waals surface area contributed by atoms with Crippen molar-refractivity contribution in [3.63, 3.8) is 0 Å². The number of hydrogen-bond acceptors (Lipinski definition) is 3. The first kappa shape index (κ1) is 18.7. The van der Waals surface area contributed by atoms with Gasteiger partial charge in [-0.25, -0.2) is 0 Å². The Balaban J connectivity index is 1.63. The first-order chi connectivity index (χ1) is 13.5. The second kappa shape index (κ2) is 7.78. The molecule has 28 heavy (non-hydrogen) atoms. The van der Waals surface area contributed by atoms with E-state index in [2.05, 4.69) is 34.4 Å². The van der Waals surface area contributed by atoms with Gasteiger partial charge in [-0.15, -0.1) is 0 Å². The van der Waals surface area contributed by atoms with E-state index >= 15 is 0 Å². The molecule has 2 aromatic rings. The third-order valence-corrected chi connectivity index (χ3v) is 6.14. The highest BCUT2D eigenvalue weighted by Gasteiger charge is 2.51. The third-order valence-electron chi connectivity index (χ3n) is 6.14. The zero-order valence-corrected chi connectivity index (χ0v) is 16.4. The highest BCUT2D eigenvalue weighted by atomic mass is 16.2. The fourth-order valence-electron chi connectivity index (χ4n) is 4.93. The number of likely N-dealkylation sites (tertiary alicyclic amines) is 1. The van der Waals surface area contributed by atoms with Crippen LogP contribution in [-0.4, -0.2) is 44.1 Å². The number of fused-ring (bicyclic) bond motifs is 1. The number of carbonyl (C=O) groups excluding carboxylic acids is 2. The van der Waals surface area contributed by atoms with Gasteiger partial charge >= 0.3 is 0 Å². The van der Waals surface area contributed by atoms with E-state index in [1.807, 2.05) is 30.5 Å². The molecule has 2 amide bonds. The minimum absolute atomic E-state index is 0.0218. The molecule has 1 aromatic heterocycles. The summed E-state index contributed by atoms with van der Waals surface area (Å²) in [5.41, 5.74) is 0.838. The largest absolute Gasteiger partial charge is 0.349 e. The predicted octanol–water partition coefficient (Wildman–Crippen LogP) is 2.54. The van der Waals surface area contributed by atoms with Gasteiger partial charge in [0.1, 0.15) is 6.54 Å². The predicted molar refractivity (Wildman–Crippen MR) is 106 cm³/mol. The number of rotatable bonds is 4. The number of aromatic nitrogens is 2. The molecule has 0 aliphatic carbocycles. The maximum atomic E-state index is 13.3. The van der Waals surface area contributed by atoms with Gasteiger partial charge in [-0.2, -0.15) is 5.10 Å². The molecule has 1 N–H and O–H groups in total. The fourth-order valence-corrected chi connectivity index (χ4v) is 4.93.